The minimum atomic E-state index is -0.626. The summed E-state index contributed by atoms with van der Waals surface area (Å²) in [6.45, 7) is 8.08. The maximum atomic E-state index is 12.1. The molecule has 2 aromatic rings. The predicted octanol–water partition coefficient (Wildman–Crippen LogP) is 4.01. The summed E-state index contributed by atoms with van der Waals surface area (Å²) in [5, 5.41) is 4.89. The second-order valence-electron chi connectivity index (χ2n) is 9.14. The minimum Gasteiger partial charge on any atom is -0.466 e. The number of amides is 2. The van der Waals surface area contributed by atoms with Crippen molar-refractivity contribution in [2.24, 2.45) is 5.73 Å². The van der Waals surface area contributed by atoms with Gasteiger partial charge in [0.1, 0.15) is 5.60 Å². The van der Waals surface area contributed by atoms with E-state index in [1.165, 1.54) is 0 Å². The lowest BCUT2D eigenvalue weighted by atomic mass is 9.99. The summed E-state index contributed by atoms with van der Waals surface area (Å²) >= 11 is 0. The third kappa shape index (κ3) is 9.79. The van der Waals surface area contributed by atoms with Crippen molar-refractivity contribution in [1.82, 2.24) is 5.32 Å². The van der Waals surface area contributed by atoms with Crippen molar-refractivity contribution in [3.05, 3.63) is 47.5 Å². The van der Waals surface area contributed by atoms with Crippen molar-refractivity contribution in [3.63, 3.8) is 0 Å². The van der Waals surface area contributed by atoms with Gasteiger partial charge in [-0.1, -0.05) is 30.3 Å². The molecule has 0 bridgehead atoms. The smallest absolute Gasteiger partial charge is 0.407 e. The summed E-state index contributed by atoms with van der Waals surface area (Å²) in [4.78, 5) is 35.0. The van der Waals surface area contributed by atoms with Gasteiger partial charge in [0.15, 0.2) is 0 Å². The lowest BCUT2D eigenvalue weighted by Gasteiger charge is -2.23. The van der Waals surface area contributed by atoms with Crippen LogP contribution in [0.15, 0.2) is 36.4 Å². The fourth-order valence-corrected chi connectivity index (χ4v) is 3.48. The van der Waals surface area contributed by atoms with Gasteiger partial charge in [-0.05, 0) is 68.5 Å². The monoisotopic (exact) mass is 472 g/mol. The number of primary amides is 1. The summed E-state index contributed by atoms with van der Waals surface area (Å²) < 4.78 is 16.2. The Bertz CT molecular complexity index is 983. The summed E-state index contributed by atoms with van der Waals surface area (Å²) in [5.41, 5.74) is 6.70. The molecule has 0 aliphatic rings. The van der Waals surface area contributed by atoms with Crippen molar-refractivity contribution < 1.29 is 28.6 Å². The molecule has 2 rings (SSSR count). The van der Waals surface area contributed by atoms with E-state index in [1.807, 2.05) is 36.4 Å². The van der Waals surface area contributed by atoms with Crippen LogP contribution in [0.4, 0.5) is 4.79 Å². The second kappa shape index (κ2) is 12.9. The third-order valence-corrected chi connectivity index (χ3v) is 4.99. The van der Waals surface area contributed by atoms with Gasteiger partial charge < -0.3 is 25.3 Å². The molecular formula is C26H36N2O6. The molecule has 0 spiro atoms. The Balaban J connectivity index is 1.98. The average Bonchev–Trinajstić information content (AvgIpc) is 2.74. The molecule has 186 valence electrons. The van der Waals surface area contributed by atoms with Gasteiger partial charge in [-0.25, -0.2) is 4.79 Å². The van der Waals surface area contributed by atoms with E-state index in [0.29, 0.717) is 32.5 Å². The van der Waals surface area contributed by atoms with E-state index >= 15 is 0 Å². The van der Waals surface area contributed by atoms with Gasteiger partial charge in [-0.2, -0.15) is 0 Å². The molecular weight excluding hydrogens is 436 g/mol. The zero-order valence-corrected chi connectivity index (χ0v) is 20.5. The highest BCUT2D eigenvalue weighted by Gasteiger charge is 2.20. The Morgan fingerprint density at radius 2 is 1.85 bits per heavy atom. The van der Waals surface area contributed by atoms with E-state index in [9.17, 15) is 14.4 Å². The van der Waals surface area contributed by atoms with E-state index in [2.05, 4.69) is 5.32 Å². The zero-order chi connectivity index (χ0) is 25.1. The molecule has 0 saturated carbocycles. The first-order valence-electron chi connectivity index (χ1n) is 11.6. The minimum absolute atomic E-state index is 0.133. The largest absolute Gasteiger partial charge is 0.466 e. The number of hydrogen-bond acceptors (Lipinski definition) is 6. The van der Waals surface area contributed by atoms with Crippen LogP contribution in [0.3, 0.4) is 0 Å². The number of fused-ring (bicyclic) bond motifs is 1. The second-order valence-corrected chi connectivity index (χ2v) is 9.14. The zero-order valence-electron chi connectivity index (χ0n) is 20.5. The summed E-state index contributed by atoms with van der Waals surface area (Å²) in [6.07, 6.45) is 0.885. The van der Waals surface area contributed by atoms with Crippen LogP contribution in [0, 0.1) is 0 Å². The molecule has 0 radical (unpaired) electrons. The first kappa shape index (κ1) is 27.1. The van der Waals surface area contributed by atoms with Gasteiger partial charge in [-0.3, -0.25) is 9.59 Å². The van der Waals surface area contributed by atoms with Crippen LogP contribution in [0.25, 0.3) is 10.8 Å². The number of carbonyl (C=O) groups is 3. The lowest BCUT2D eigenvalue weighted by molar-refractivity contribution is -0.143. The van der Waals surface area contributed by atoms with Gasteiger partial charge >= 0.3 is 12.1 Å². The molecule has 8 heteroatoms. The Morgan fingerprint density at radius 1 is 1.09 bits per heavy atom. The number of alkyl carbamates (subject to hydrolysis) is 1. The van der Waals surface area contributed by atoms with E-state index in [1.54, 1.807) is 27.7 Å². The Morgan fingerprint density at radius 3 is 2.53 bits per heavy atom. The number of hydrogen-bond donors (Lipinski definition) is 2. The molecule has 0 heterocycles. The quantitative estimate of drug-likeness (QED) is 0.451. The first-order chi connectivity index (χ1) is 16.1. The number of rotatable bonds is 12. The molecule has 0 aromatic heterocycles. The molecule has 3 N–H and O–H groups in total. The molecule has 8 nitrogen and oxygen atoms in total. The number of nitrogens with two attached hydrogens (primary N) is 1. The molecule has 0 saturated heterocycles. The van der Waals surface area contributed by atoms with Crippen LogP contribution < -0.4 is 11.1 Å². The predicted molar refractivity (Wildman–Crippen MR) is 130 cm³/mol. The fraction of sp³-hybridized carbons (Fsp3) is 0.500. The average molecular weight is 473 g/mol. The van der Waals surface area contributed by atoms with E-state index in [4.69, 9.17) is 19.9 Å². The molecule has 2 amide bonds. The van der Waals surface area contributed by atoms with Crippen molar-refractivity contribution in [3.8, 4) is 0 Å². The molecule has 34 heavy (non-hydrogen) atoms. The Hall–Kier alpha value is -3.13. The molecule has 1 unspecified atom stereocenters. The first-order valence-corrected chi connectivity index (χ1v) is 11.6. The van der Waals surface area contributed by atoms with Crippen molar-refractivity contribution in [2.45, 2.75) is 71.6 Å². The molecule has 0 aliphatic heterocycles. The van der Waals surface area contributed by atoms with Crippen LogP contribution in [0.2, 0.25) is 0 Å². The van der Waals surface area contributed by atoms with Gasteiger partial charge in [0.2, 0.25) is 5.91 Å². The number of carbonyl (C=O) groups excluding carboxylic acids is 3. The van der Waals surface area contributed by atoms with Crippen LogP contribution >= 0.6 is 0 Å². The fourth-order valence-electron chi connectivity index (χ4n) is 3.48. The van der Waals surface area contributed by atoms with E-state index in [-0.39, 0.29) is 19.0 Å². The summed E-state index contributed by atoms with van der Waals surface area (Å²) in [5.74, 6) is -0.639. The summed E-state index contributed by atoms with van der Waals surface area (Å²) in [6, 6.07) is 11.7. The number of nitrogens with one attached hydrogen (secondary N) is 1. The van der Waals surface area contributed by atoms with E-state index < -0.39 is 23.6 Å². The topological polar surface area (TPSA) is 117 Å². The maximum Gasteiger partial charge on any atom is 0.407 e. The lowest BCUT2D eigenvalue weighted by Crippen LogP contribution is -2.42. The van der Waals surface area contributed by atoms with E-state index in [0.717, 1.165) is 21.9 Å². The number of ether oxygens (including phenoxy) is 3. The number of benzene rings is 2. The normalized spacial score (nSPS) is 12.2. The highest BCUT2D eigenvalue weighted by atomic mass is 16.6. The van der Waals surface area contributed by atoms with Crippen LogP contribution in [-0.4, -0.2) is 42.8 Å². The SMILES string of the molecule is CCOC(=O)CCc1cccc2cc(COCC(CCC(N)=O)NC(=O)OC(C)(C)C)ccc12. The Labute approximate surface area is 201 Å². The molecule has 2 aromatic carbocycles. The van der Waals surface area contributed by atoms with Gasteiger partial charge in [0.25, 0.3) is 0 Å². The molecule has 0 fully saturated rings. The standard InChI is InChI=1S/C26H36N2O6/c1-5-33-24(30)14-10-19-7-6-8-20-15-18(9-12-22(19)20)16-32-17-21(11-13-23(27)29)28-25(31)34-26(2,3)4/h6-9,12,15,21H,5,10-11,13-14,16-17H2,1-4H3,(H2,27,29)(H,28,31). The van der Waals surface area contributed by atoms with Gasteiger partial charge in [-0.15, -0.1) is 0 Å². The van der Waals surface area contributed by atoms with Crippen molar-refractivity contribution in [1.29, 1.82) is 0 Å². The van der Waals surface area contributed by atoms with Gasteiger partial charge in [0.05, 0.1) is 25.9 Å². The van der Waals surface area contributed by atoms with Crippen molar-refractivity contribution >= 4 is 28.7 Å². The van der Waals surface area contributed by atoms with Crippen LogP contribution in [-0.2, 0) is 36.8 Å². The number of aryl methyl sites for hydroxylation is 1. The molecule has 0 aliphatic carbocycles. The highest BCUT2D eigenvalue weighted by molar-refractivity contribution is 5.86. The van der Waals surface area contributed by atoms with Crippen molar-refractivity contribution in [2.75, 3.05) is 13.2 Å². The third-order valence-electron chi connectivity index (χ3n) is 4.99. The van der Waals surface area contributed by atoms with Crippen LogP contribution in [0.5, 0.6) is 0 Å². The molecule has 1 atom stereocenters. The maximum absolute atomic E-state index is 12.1. The highest BCUT2D eigenvalue weighted by Crippen LogP contribution is 2.22. The van der Waals surface area contributed by atoms with Gasteiger partial charge in [0, 0.05) is 12.8 Å². The summed E-state index contributed by atoms with van der Waals surface area (Å²) in [7, 11) is 0. The van der Waals surface area contributed by atoms with Crippen LogP contribution in [0.1, 0.15) is 58.1 Å². The number of esters is 1. The Kier molecular flexibility index (Phi) is 10.3.